The highest BCUT2D eigenvalue weighted by Gasteiger charge is 2.01. The Kier molecular flexibility index (Phi) is 2.76. The maximum Gasteiger partial charge on any atom is 0.129 e. The number of rotatable bonds is 4. The molecule has 4 nitrogen and oxygen atoms in total. The van der Waals surface area contributed by atoms with E-state index in [0.717, 1.165) is 17.5 Å². The summed E-state index contributed by atoms with van der Waals surface area (Å²) in [6.45, 7) is 2.31. The van der Waals surface area contributed by atoms with Crippen molar-refractivity contribution in [1.29, 1.82) is 0 Å². The van der Waals surface area contributed by atoms with E-state index in [1.807, 2.05) is 24.3 Å². The summed E-state index contributed by atoms with van der Waals surface area (Å²) < 4.78 is 0. The van der Waals surface area contributed by atoms with Gasteiger partial charge in [0.2, 0.25) is 0 Å². The molecule has 2 rings (SSSR count). The molecule has 4 heteroatoms. The van der Waals surface area contributed by atoms with E-state index in [0.29, 0.717) is 13.0 Å². The highest BCUT2D eigenvalue weighted by Crippen LogP contribution is 2.07. The molecular weight excluding hydrogens is 190 g/mol. The average molecular weight is 203 g/mol. The summed E-state index contributed by atoms with van der Waals surface area (Å²) >= 11 is 0. The molecule has 0 unspecified atom stereocenters. The van der Waals surface area contributed by atoms with Crippen molar-refractivity contribution in [1.82, 2.24) is 15.0 Å². The number of nitrogens with zero attached hydrogens (tertiary/aromatic N) is 3. The molecule has 0 aliphatic carbocycles. The standard InChI is InChI=1S/C11H13N3O/c1-9(15)5-4-8-14-12-10-6-2-3-7-11(10)13-14/h2-3,6-7H,4-5,8H2,1H3. The molecule has 15 heavy (non-hydrogen) atoms. The molecule has 1 aromatic heterocycles. The monoisotopic (exact) mass is 203 g/mol. The fourth-order valence-corrected chi connectivity index (χ4v) is 1.47. The van der Waals surface area contributed by atoms with E-state index in [2.05, 4.69) is 10.2 Å². The van der Waals surface area contributed by atoms with E-state index in [1.54, 1.807) is 11.7 Å². The van der Waals surface area contributed by atoms with Crippen molar-refractivity contribution < 1.29 is 4.79 Å². The van der Waals surface area contributed by atoms with E-state index in [4.69, 9.17) is 0 Å². The summed E-state index contributed by atoms with van der Waals surface area (Å²) in [6.07, 6.45) is 1.40. The zero-order valence-corrected chi connectivity index (χ0v) is 8.68. The second-order valence-corrected chi connectivity index (χ2v) is 3.59. The molecule has 0 spiro atoms. The second kappa shape index (κ2) is 4.21. The van der Waals surface area contributed by atoms with Crippen LogP contribution < -0.4 is 0 Å². The molecule has 1 heterocycles. The van der Waals surface area contributed by atoms with Crippen LogP contribution in [-0.4, -0.2) is 20.8 Å². The molecule has 78 valence electrons. The van der Waals surface area contributed by atoms with Crippen LogP contribution in [0.3, 0.4) is 0 Å². The number of hydrogen-bond acceptors (Lipinski definition) is 3. The number of carbonyl (C=O) groups excluding carboxylic acids is 1. The van der Waals surface area contributed by atoms with Crippen molar-refractivity contribution >= 4 is 16.8 Å². The van der Waals surface area contributed by atoms with Gasteiger partial charge in [-0.1, -0.05) is 12.1 Å². The molecule has 0 N–H and O–H groups in total. The van der Waals surface area contributed by atoms with Crippen LogP contribution >= 0.6 is 0 Å². The molecule has 0 fully saturated rings. The Hall–Kier alpha value is -1.71. The normalized spacial score (nSPS) is 10.7. The molecular formula is C11H13N3O. The fraction of sp³-hybridized carbons (Fsp3) is 0.364. The highest BCUT2D eigenvalue weighted by molar-refractivity contribution is 5.75. The van der Waals surface area contributed by atoms with Crippen LogP contribution in [0.15, 0.2) is 24.3 Å². The first-order chi connectivity index (χ1) is 7.25. The van der Waals surface area contributed by atoms with Crippen LogP contribution in [0.25, 0.3) is 11.0 Å². The minimum Gasteiger partial charge on any atom is -0.300 e. The van der Waals surface area contributed by atoms with E-state index in [9.17, 15) is 4.79 Å². The van der Waals surface area contributed by atoms with Crippen LogP contribution in [0.2, 0.25) is 0 Å². The maximum absolute atomic E-state index is 10.8. The summed E-state index contributed by atoms with van der Waals surface area (Å²) in [6, 6.07) is 7.75. The summed E-state index contributed by atoms with van der Waals surface area (Å²) in [5.74, 6) is 0.215. The number of ketones is 1. The molecule has 0 aliphatic rings. The predicted molar refractivity (Wildman–Crippen MR) is 57.4 cm³/mol. The first kappa shape index (κ1) is 9.83. The Morgan fingerprint density at radius 3 is 2.40 bits per heavy atom. The molecule has 0 radical (unpaired) electrons. The van der Waals surface area contributed by atoms with Gasteiger partial charge >= 0.3 is 0 Å². The molecule has 0 saturated carbocycles. The van der Waals surface area contributed by atoms with Gasteiger partial charge in [0, 0.05) is 6.42 Å². The number of hydrogen-bond donors (Lipinski definition) is 0. The number of benzene rings is 1. The summed E-state index contributed by atoms with van der Waals surface area (Å²) in [5, 5.41) is 8.61. The first-order valence-electron chi connectivity index (χ1n) is 5.05. The van der Waals surface area contributed by atoms with Crippen molar-refractivity contribution in [3.05, 3.63) is 24.3 Å². The third kappa shape index (κ3) is 2.40. The number of Topliss-reactive ketones (excluding diaryl/α,β-unsaturated/α-hetero) is 1. The summed E-state index contributed by atoms with van der Waals surface area (Å²) in [7, 11) is 0. The van der Waals surface area contributed by atoms with Gasteiger partial charge in [-0.3, -0.25) is 0 Å². The van der Waals surface area contributed by atoms with Crippen molar-refractivity contribution in [2.75, 3.05) is 0 Å². The van der Waals surface area contributed by atoms with E-state index >= 15 is 0 Å². The molecule has 0 atom stereocenters. The Labute approximate surface area is 87.9 Å². The molecule has 0 aliphatic heterocycles. The van der Waals surface area contributed by atoms with Gasteiger partial charge in [-0.15, -0.1) is 0 Å². The SMILES string of the molecule is CC(=O)CCCn1nc2ccccc2n1. The lowest BCUT2D eigenvalue weighted by atomic mass is 10.2. The van der Waals surface area contributed by atoms with Gasteiger partial charge in [0.25, 0.3) is 0 Å². The van der Waals surface area contributed by atoms with Crippen LogP contribution in [0.5, 0.6) is 0 Å². The van der Waals surface area contributed by atoms with Gasteiger partial charge in [-0.05, 0) is 25.5 Å². The number of carbonyl (C=O) groups is 1. The molecule has 0 saturated heterocycles. The van der Waals surface area contributed by atoms with E-state index in [-0.39, 0.29) is 5.78 Å². The Morgan fingerprint density at radius 2 is 1.87 bits per heavy atom. The maximum atomic E-state index is 10.8. The van der Waals surface area contributed by atoms with E-state index < -0.39 is 0 Å². The zero-order valence-electron chi connectivity index (χ0n) is 8.68. The minimum atomic E-state index is 0.215. The number of fused-ring (bicyclic) bond motifs is 1. The highest BCUT2D eigenvalue weighted by atomic mass is 16.1. The van der Waals surface area contributed by atoms with Crippen LogP contribution in [0, 0.1) is 0 Å². The van der Waals surface area contributed by atoms with Crippen molar-refractivity contribution in [2.45, 2.75) is 26.3 Å². The quantitative estimate of drug-likeness (QED) is 0.761. The van der Waals surface area contributed by atoms with Crippen LogP contribution in [0.4, 0.5) is 0 Å². The van der Waals surface area contributed by atoms with Gasteiger partial charge < -0.3 is 4.79 Å². The average Bonchev–Trinajstić information content (AvgIpc) is 2.59. The van der Waals surface area contributed by atoms with Crippen molar-refractivity contribution in [3.63, 3.8) is 0 Å². The Bertz CT molecular complexity index is 442. The number of aryl methyl sites for hydroxylation is 1. The van der Waals surface area contributed by atoms with Gasteiger partial charge in [-0.2, -0.15) is 15.0 Å². The predicted octanol–water partition coefficient (Wildman–Crippen LogP) is 1.80. The van der Waals surface area contributed by atoms with Gasteiger partial charge in [0.05, 0.1) is 6.54 Å². The third-order valence-corrected chi connectivity index (χ3v) is 2.22. The largest absolute Gasteiger partial charge is 0.300 e. The van der Waals surface area contributed by atoms with E-state index in [1.165, 1.54) is 0 Å². The lowest BCUT2D eigenvalue weighted by molar-refractivity contribution is -0.117. The lowest BCUT2D eigenvalue weighted by Gasteiger charge is -1.96. The topological polar surface area (TPSA) is 47.8 Å². The fourth-order valence-electron chi connectivity index (χ4n) is 1.47. The van der Waals surface area contributed by atoms with Crippen molar-refractivity contribution in [3.8, 4) is 0 Å². The first-order valence-corrected chi connectivity index (χ1v) is 5.05. The molecule has 2 aromatic rings. The molecule has 0 amide bonds. The minimum absolute atomic E-state index is 0.215. The second-order valence-electron chi connectivity index (χ2n) is 3.59. The Balaban J connectivity index is 2.05. The van der Waals surface area contributed by atoms with Crippen LogP contribution in [-0.2, 0) is 11.3 Å². The Morgan fingerprint density at radius 1 is 1.27 bits per heavy atom. The van der Waals surface area contributed by atoms with Crippen molar-refractivity contribution in [2.24, 2.45) is 0 Å². The summed E-state index contributed by atoms with van der Waals surface area (Å²) in [4.78, 5) is 12.4. The third-order valence-electron chi connectivity index (χ3n) is 2.22. The molecule has 0 bridgehead atoms. The van der Waals surface area contributed by atoms with Crippen LogP contribution in [0.1, 0.15) is 19.8 Å². The lowest BCUT2D eigenvalue weighted by Crippen LogP contribution is -2.03. The van der Waals surface area contributed by atoms with Gasteiger partial charge in [-0.25, -0.2) is 0 Å². The smallest absolute Gasteiger partial charge is 0.129 e. The zero-order chi connectivity index (χ0) is 10.7. The van der Waals surface area contributed by atoms with Gasteiger partial charge in [0.1, 0.15) is 16.8 Å². The van der Waals surface area contributed by atoms with Gasteiger partial charge in [0.15, 0.2) is 0 Å². The molecule has 1 aromatic carbocycles. The summed E-state index contributed by atoms with van der Waals surface area (Å²) in [5.41, 5.74) is 1.81. The number of aromatic nitrogens is 3.